The van der Waals surface area contributed by atoms with Gasteiger partial charge in [-0.15, -0.1) is 0 Å². The summed E-state index contributed by atoms with van der Waals surface area (Å²) in [7, 11) is 0. The van der Waals surface area contributed by atoms with Crippen molar-refractivity contribution >= 4 is 11.9 Å². The average molecular weight is 261 g/mol. The van der Waals surface area contributed by atoms with Crippen LogP contribution < -0.4 is 5.32 Å². The van der Waals surface area contributed by atoms with Gasteiger partial charge in [-0.2, -0.15) is 0 Å². The second-order valence-corrected chi connectivity index (χ2v) is 5.46. The van der Waals surface area contributed by atoms with Crippen LogP contribution in [0.15, 0.2) is 24.3 Å². The topological polar surface area (TPSA) is 66.4 Å². The fraction of sp³-hybridized carbons (Fsp3) is 0.467. The van der Waals surface area contributed by atoms with Crippen LogP contribution in [0.4, 0.5) is 0 Å². The zero-order valence-corrected chi connectivity index (χ0v) is 11.1. The van der Waals surface area contributed by atoms with E-state index in [1.807, 2.05) is 0 Å². The van der Waals surface area contributed by atoms with Gasteiger partial charge in [-0.3, -0.25) is 4.79 Å². The Bertz CT molecular complexity index is 490. The maximum atomic E-state index is 12.0. The van der Waals surface area contributed by atoms with E-state index in [0.717, 1.165) is 25.7 Å². The highest BCUT2D eigenvalue weighted by molar-refractivity contribution is 5.91. The Kier molecular flexibility index (Phi) is 3.88. The van der Waals surface area contributed by atoms with Crippen LogP contribution in [0.1, 0.15) is 48.5 Å². The summed E-state index contributed by atoms with van der Waals surface area (Å²) < 4.78 is 0. The molecule has 0 saturated heterocycles. The molecule has 1 aliphatic rings. The number of rotatable bonds is 4. The van der Waals surface area contributed by atoms with Gasteiger partial charge in [-0.25, -0.2) is 4.79 Å². The molecule has 1 amide bonds. The van der Waals surface area contributed by atoms with Crippen LogP contribution in [0.3, 0.4) is 0 Å². The number of carboxylic acid groups (broad SMARTS) is 1. The minimum atomic E-state index is -0.990. The van der Waals surface area contributed by atoms with Gasteiger partial charge < -0.3 is 10.4 Å². The first-order chi connectivity index (χ1) is 9.00. The molecule has 0 aliphatic heterocycles. The minimum absolute atomic E-state index is 0.0990. The van der Waals surface area contributed by atoms with Gasteiger partial charge in [0.15, 0.2) is 0 Å². The van der Waals surface area contributed by atoms with Gasteiger partial charge in [0, 0.05) is 5.54 Å². The summed E-state index contributed by atoms with van der Waals surface area (Å²) in [5.41, 5.74) is 0.651. The maximum Gasteiger partial charge on any atom is 0.335 e. The fourth-order valence-electron chi connectivity index (χ4n) is 2.72. The number of benzene rings is 1. The molecule has 1 aromatic rings. The quantitative estimate of drug-likeness (QED) is 0.874. The van der Waals surface area contributed by atoms with Gasteiger partial charge in [-0.1, -0.05) is 31.0 Å². The number of carbonyl (C=O) groups excluding carboxylic acids is 1. The molecule has 1 saturated carbocycles. The maximum absolute atomic E-state index is 12.0. The van der Waals surface area contributed by atoms with Gasteiger partial charge in [0.1, 0.15) is 0 Å². The molecule has 0 aromatic heterocycles. The van der Waals surface area contributed by atoms with Gasteiger partial charge in [-0.05, 0) is 31.4 Å². The molecule has 4 heteroatoms. The number of carbonyl (C=O) groups is 2. The van der Waals surface area contributed by atoms with E-state index in [9.17, 15) is 9.59 Å². The van der Waals surface area contributed by atoms with Crippen molar-refractivity contribution in [3.05, 3.63) is 35.4 Å². The molecule has 0 bridgehead atoms. The van der Waals surface area contributed by atoms with E-state index < -0.39 is 5.97 Å². The predicted molar refractivity (Wildman–Crippen MR) is 72.1 cm³/mol. The summed E-state index contributed by atoms with van der Waals surface area (Å²) in [4.78, 5) is 23.1. The van der Waals surface area contributed by atoms with Crippen molar-refractivity contribution in [2.45, 2.75) is 44.6 Å². The van der Waals surface area contributed by atoms with Gasteiger partial charge >= 0.3 is 5.97 Å². The van der Waals surface area contributed by atoms with Crippen molar-refractivity contribution in [3.8, 4) is 0 Å². The lowest BCUT2D eigenvalue weighted by molar-refractivity contribution is -0.122. The molecule has 19 heavy (non-hydrogen) atoms. The predicted octanol–water partition coefficient (Wildman–Crippen LogP) is 2.38. The zero-order valence-electron chi connectivity index (χ0n) is 11.1. The van der Waals surface area contributed by atoms with E-state index in [1.54, 1.807) is 18.2 Å². The Morgan fingerprint density at radius 3 is 2.53 bits per heavy atom. The van der Waals surface area contributed by atoms with Gasteiger partial charge in [0.05, 0.1) is 12.0 Å². The lowest BCUT2D eigenvalue weighted by Crippen LogP contribution is -2.44. The second-order valence-electron chi connectivity index (χ2n) is 5.46. The van der Waals surface area contributed by atoms with E-state index in [2.05, 4.69) is 12.2 Å². The number of hydrogen-bond donors (Lipinski definition) is 2. The largest absolute Gasteiger partial charge is 0.478 e. The summed E-state index contributed by atoms with van der Waals surface area (Å²) in [6.45, 7) is 2.06. The smallest absolute Gasteiger partial charge is 0.335 e. The van der Waals surface area contributed by atoms with Crippen LogP contribution in [0.25, 0.3) is 0 Å². The Morgan fingerprint density at radius 2 is 1.89 bits per heavy atom. The Labute approximate surface area is 112 Å². The summed E-state index contributed by atoms with van der Waals surface area (Å²) in [5.74, 6) is -1.09. The fourth-order valence-corrected chi connectivity index (χ4v) is 2.72. The third-order valence-corrected chi connectivity index (χ3v) is 3.75. The number of aromatic carboxylic acids is 1. The molecule has 0 atom stereocenters. The monoisotopic (exact) mass is 261 g/mol. The molecule has 2 rings (SSSR count). The third-order valence-electron chi connectivity index (χ3n) is 3.75. The molecule has 1 fully saturated rings. The van der Waals surface area contributed by atoms with E-state index in [-0.39, 0.29) is 23.4 Å². The van der Waals surface area contributed by atoms with Crippen molar-refractivity contribution in [2.75, 3.05) is 0 Å². The van der Waals surface area contributed by atoms with E-state index in [0.29, 0.717) is 5.56 Å². The Morgan fingerprint density at radius 1 is 1.26 bits per heavy atom. The highest BCUT2D eigenvalue weighted by Gasteiger charge is 2.30. The molecular formula is C15H19NO3. The number of hydrogen-bond acceptors (Lipinski definition) is 2. The molecule has 0 heterocycles. The zero-order chi connectivity index (χ0) is 13.9. The molecule has 1 aliphatic carbocycles. The SMILES string of the molecule is CC1(NC(=O)Cc2ccccc2C(=O)O)CCCC1. The normalized spacial score (nSPS) is 17.1. The van der Waals surface area contributed by atoms with Crippen LogP contribution in [0, 0.1) is 0 Å². The van der Waals surface area contributed by atoms with Crippen LogP contribution in [-0.4, -0.2) is 22.5 Å². The number of nitrogens with one attached hydrogen (secondary N) is 1. The first-order valence-corrected chi connectivity index (χ1v) is 6.62. The standard InChI is InChI=1S/C15H19NO3/c1-15(8-4-5-9-15)16-13(17)10-11-6-2-3-7-12(11)14(18)19/h2-3,6-7H,4-5,8-10H2,1H3,(H,16,17)(H,18,19). The van der Waals surface area contributed by atoms with E-state index >= 15 is 0 Å². The minimum Gasteiger partial charge on any atom is -0.478 e. The summed E-state index contributed by atoms with van der Waals surface area (Å²) >= 11 is 0. The summed E-state index contributed by atoms with van der Waals surface area (Å²) in [6, 6.07) is 6.65. The number of carboxylic acids is 1. The van der Waals surface area contributed by atoms with Crippen LogP contribution in [0.5, 0.6) is 0 Å². The van der Waals surface area contributed by atoms with Crippen molar-refractivity contribution in [1.29, 1.82) is 0 Å². The highest BCUT2D eigenvalue weighted by atomic mass is 16.4. The van der Waals surface area contributed by atoms with Crippen LogP contribution in [0.2, 0.25) is 0 Å². The lowest BCUT2D eigenvalue weighted by Gasteiger charge is -2.25. The van der Waals surface area contributed by atoms with E-state index in [1.165, 1.54) is 6.07 Å². The molecule has 102 valence electrons. The highest BCUT2D eigenvalue weighted by Crippen LogP contribution is 2.28. The van der Waals surface area contributed by atoms with Gasteiger partial charge in [0.2, 0.25) is 5.91 Å². The molecule has 2 N–H and O–H groups in total. The van der Waals surface area contributed by atoms with Crippen molar-refractivity contribution in [3.63, 3.8) is 0 Å². The Hall–Kier alpha value is -1.84. The molecular weight excluding hydrogens is 242 g/mol. The summed E-state index contributed by atoms with van der Waals surface area (Å²) in [6.07, 6.45) is 4.40. The average Bonchev–Trinajstić information content (AvgIpc) is 2.75. The van der Waals surface area contributed by atoms with Crippen molar-refractivity contribution in [1.82, 2.24) is 5.32 Å². The van der Waals surface area contributed by atoms with Crippen molar-refractivity contribution in [2.24, 2.45) is 0 Å². The van der Waals surface area contributed by atoms with Crippen molar-refractivity contribution < 1.29 is 14.7 Å². The van der Waals surface area contributed by atoms with Gasteiger partial charge in [0.25, 0.3) is 0 Å². The van der Waals surface area contributed by atoms with E-state index in [4.69, 9.17) is 5.11 Å². The first kappa shape index (κ1) is 13.6. The number of amides is 1. The molecule has 0 spiro atoms. The molecule has 0 unspecified atom stereocenters. The molecule has 0 radical (unpaired) electrons. The third kappa shape index (κ3) is 3.34. The van der Waals surface area contributed by atoms with Crippen LogP contribution in [-0.2, 0) is 11.2 Å². The first-order valence-electron chi connectivity index (χ1n) is 6.62. The second kappa shape index (κ2) is 5.43. The lowest BCUT2D eigenvalue weighted by atomic mass is 9.99. The summed E-state index contributed by atoms with van der Waals surface area (Å²) in [5, 5.41) is 12.1. The Balaban J connectivity index is 2.05. The van der Waals surface area contributed by atoms with Crippen LogP contribution >= 0.6 is 0 Å². The molecule has 4 nitrogen and oxygen atoms in total. The molecule has 1 aromatic carbocycles.